The standard InChI is InChI=1S/C9H14BrN3O2/c1-13(4-3-5-14)9-11-6-7(10)8(12-9)15-2/h6,14H,3-5H2,1-2H3. The highest BCUT2D eigenvalue weighted by Gasteiger charge is 2.08. The van der Waals surface area contributed by atoms with Gasteiger partial charge in [-0.15, -0.1) is 0 Å². The molecule has 0 radical (unpaired) electrons. The molecule has 5 nitrogen and oxygen atoms in total. The summed E-state index contributed by atoms with van der Waals surface area (Å²) in [5, 5.41) is 8.71. The van der Waals surface area contributed by atoms with Crippen molar-refractivity contribution in [3.05, 3.63) is 10.7 Å². The molecule has 1 N–H and O–H groups in total. The third-order valence-corrected chi connectivity index (χ3v) is 2.43. The van der Waals surface area contributed by atoms with E-state index in [2.05, 4.69) is 25.9 Å². The molecule has 0 aromatic carbocycles. The lowest BCUT2D eigenvalue weighted by Gasteiger charge is -2.16. The van der Waals surface area contributed by atoms with Gasteiger partial charge in [-0.3, -0.25) is 0 Å². The Bertz CT molecular complexity index is 322. The Morgan fingerprint density at radius 1 is 1.60 bits per heavy atom. The summed E-state index contributed by atoms with van der Waals surface area (Å²) in [7, 11) is 3.43. The first-order valence-electron chi connectivity index (χ1n) is 4.57. The van der Waals surface area contributed by atoms with Gasteiger partial charge in [0.2, 0.25) is 11.8 Å². The summed E-state index contributed by atoms with van der Waals surface area (Å²) in [6.45, 7) is 0.874. The molecule has 0 fully saturated rings. The smallest absolute Gasteiger partial charge is 0.232 e. The number of aromatic nitrogens is 2. The fourth-order valence-electron chi connectivity index (χ4n) is 1.08. The maximum Gasteiger partial charge on any atom is 0.232 e. The number of anilines is 1. The average molecular weight is 276 g/mol. The quantitative estimate of drug-likeness (QED) is 0.871. The number of nitrogens with zero attached hydrogens (tertiary/aromatic N) is 3. The Labute approximate surface area is 97.2 Å². The molecule has 1 rings (SSSR count). The second kappa shape index (κ2) is 5.87. The topological polar surface area (TPSA) is 58.5 Å². The highest BCUT2D eigenvalue weighted by Crippen LogP contribution is 2.22. The Balaban J connectivity index is 2.76. The molecule has 1 aromatic heterocycles. The molecule has 0 saturated heterocycles. The maximum absolute atomic E-state index is 8.71. The first-order valence-corrected chi connectivity index (χ1v) is 5.37. The van der Waals surface area contributed by atoms with E-state index >= 15 is 0 Å². The van der Waals surface area contributed by atoms with Crippen LogP contribution in [-0.2, 0) is 0 Å². The van der Waals surface area contributed by atoms with Gasteiger partial charge in [-0.2, -0.15) is 4.98 Å². The van der Waals surface area contributed by atoms with Gasteiger partial charge in [0.25, 0.3) is 0 Å². The number of rotatable bonds is 5. The minimum absolute atomic E-state index is 0.165. The van der Waals surface area contributed by atoms with Crippen LogP contribution in [0.3, 0.4) is 0 Å². The molecule has 0 amide bonds. The van der Waals surface area contributed by atoms with E-state index < -0.39 is 0 Å². The van der Waals surface area contributed by atoms with E-state index in [1.807, 2.05) is 11.9 Å². The second-order valence-electron chi connectivity index (χ2n) is 3.03. The van der Waals surface area contributed by atoms with Gasteiger partial charge in [-0.1, -0.05) is 0 Å². The second-order valence-corrected chi connectivity index (χ2v) is 3.88. The van der Waals surface area contributed by atoms with Crippen molar-refractivity contribution in [1.82, 2.24) is 9.97 Å². The maximum atomic E-state index is 8.71. The van der Waals surface area contributed by atoms with Crippen LogP contribution in [0.5, 0.6) is 5.88 Å². The summed E-state index contributed by atoms with van der Waals surface area (Å²) in [5.41, 5.74) is 0. The van der Waals surface area contributed by atoms with E-state index in [1.54, 1.807) is 13.3 Å². The van der Waals surface area contributed by atoms with Crippen molar-refractivity contribution in [2.24, 2.45) is 0 Å². The van der Waals surface area contributed by atoms with Crippen molar-refractivity contribution in [3.63, 3.8) is 0 Å². The first kappa shape index (κ1) is 12.2. The third-order valence-electron chi connectivity index (χ3n) is 1.89. The van der Waals surface area contributed by atoms with Gasteiger partial charge in [-0.05, 0) is 22.4 Å². The summed E-state index contributed by atoms with van der Waals surface area (Å²) in [4.78, 5) is 10.2. The fourth-order valence-corrected chi connectivity index (χ4v) is 1.43. The molecule has 0 aliphatic rings. The van der Waals surface area contributed by atoms with Crippen molar-refractivity contribution < 1.29 is 9.84 Å². The van der Waals surface area contributed by atoms with Gasteiger partial charge in [0.1, 0.15) is 0 Å². The molecular formula is C9H14BrN3O2. The molecule has 0 saturated carbocycles. The lowest BCUT2D eigenvalue weighted by molar-refractivity contribution is 0.290. The number of aliphatic hydroxyl groups is 1. The number of methoxy groups -OCH3 is 1. The van der Waals surface area contributed by atoms with Gasteiger partial charge < -0.3 is 14.7 Å². The predicted molar refractivity (Wildman–Crippen MR) is 61.3 cm³/mol. The number of hydrogen-bond donors (Lipinski definition) is 1. The van der Waals surface area contributed by atoms with Crippen molar-refractivity contribution >= 4 is 21.9 Å². The van der Waals surface area contributed by atoms with Gasteiger partial charge in [0, 0.05) is 20.2 Å². The summed E-state index contributed by atoms with van der Waals surface area (Å²) in [6, 6.07) is 0. The molecule has 84 valence electrons. The van der Waals surface area contributed by atoms with Crippen molar-refractivity contribution in [1.29, 1.82) is 0 Å². The molecular weight excluding hydrogens is 262 g/mol. The van der Waals surface area contributed by atoms with Gasteiger partial charge >= 0.3 is 0 Å². The zero-order valence-electron chi connectivity index (χ0n) is 8.77. The van der Waals surface area contributed by atoms with E-state index in [0.29, 0.717) is 24.8 Å². The summed E-state index contributed by atoms with van der Waals surface area (Å²) < 4.78 is 5.79. The largest absolute Gasteiger partial charge is 0.480 e. The SMILES string of the molecule is COc1nc(N(C)CCCO)ncc1Br. The lowest BCUT2D eigenvalue weighted by Crippen LogP contribution is -2.21. The van der Waals surface area contributed by atoms with Crippen LogP contribution in [-0.4, -0.2) is 42.4 Å². The molecule has 0 aliphatic carbocycles. The molecule has 0 unspecified atom stereocenters. The Hall–Kier alpha value is -0.880. The molecule has 0 aliphatic heterocycles. The lowest BCUT2D eigenvalue weighted by atomic mass is 10.4. The summed E-state index contributed by atoms with van der Waals surface area (Å²) in [6.07, 6.45) is 2.34. The molecule has 1 heterocycles. The zero-order chi connectivity index (χ0) is 11.3. The van der Waals surface area contributed by atoms with Crippen LogP contribution < -0.4 is 9.64 Å². The highest BCUT2D eigenvalue weighted by atomic mass is 79.9. The Morgan fingerprint density at radius 2 is 2.33 bits per heavy atom. The van der Waals surface area contributed by atoms with Crippen LogP contribution in [0.25, 0.3) is 0 Å². The molecule has 1 aromatic rings. The van der Waals surface area contributed by atoms with Crippen LogP contribution in [0, 0.1) is 0 Å². The number of ether oxygens (including phenoxy) is 1. The van der Waals surface area contributed by atoms with Crippen molar-refractivity contribution in [3.8, 4) is 5.88 Å². The summed E-state index contributed by atoms with van der Waals surface area (Å²) in [5.74, 6) is 1.10. The zero-order valence-corrected chi connectivity index (χ0v) is 10.4. The van der Waals surface area contributed by atoms with E-state index in [0.717, 1.165) is 4.47 Å². The third kappa shape index (κ3) is 3.32. The van der Waals surface area contributed by atoms with Crippen LogP contribution in [0.15, 0.2) is 10.7 Å². The minimum atomic E-state index is 0.165. The fraction of sp³-hybridized carbons (Fsp3) is 0.556. The summed E-state index contributed by atoms with van der Waals surface area (Å²) >= 11 is 3.28. The minimum Gasteiger partial charge on any atom is -0.480 e. The molecule has 15 heavy (non-hydrogen) atoms. The van der Waals surface area contributed by atoms with Gasteiger partial charge in [0.05, 0.1) is 17.8 Å². The van der Waals surface area contributed by atoms with Crippen LogP contribution in [0.4, 0.5) is 5.95 Å². The van der Waals surface area contributed by atoms with Crippen LogP contribution in [0.1, 0.15) is 6.42 Å². The molecule has 6 heteroatoms. The Morgan fingerprint density at radius 3 is 2.93 bits per heavy atom. The van der Waals surface area contributed by atoms with Gasteiger partial charge in [0.15, 0.2) is 0 Å². The van der Waals surface area contributed by atoms with E-state index in [1.165, 1.54) is 0 Å². The highest BCUT2D eigenvalue weighted by molar-refractivity contribution is 9.10. The monoisotopic (exact) mass is 275 g/mol. The van der Waals surface area contributed by atoms with Crippen molar-refractivity contribution in [2.75, 3.05) is 32.2 Å². The van der Waals surface area contributed by atoms with E-state index in [9.17, 15) is 0 Å². The number of aliphatic hydroxyl groups excluding tert-OH is 1. The van der Waals surface area contributed by atoms with Crippen LogP contribution in [0.2, 0.25) is 0 Å². The average Bonchev–Trinajstić information content (AvgIpc) is 2.26. The van der Waals surface area contributed by atoms with Crippen molar-refractivity contribution in [2.45, 2.75) is 6.42 Å². The molecule has 0 bridgehead atoms. The van der Waals surface area contributed by atoms with E-state index in [4.69, 9.17) is 9.84 Å². The molecule has 0 atom stereocenters. The normalized spacial score (nSPS) is 10.1. The van der Waals surface area contributed by atoms with Crippen LogP contribution >= 0.6 is 15.9 Å². The Kier molecular flexibility index (Phi) is 4.77. The molecule has 0 spiro atoms. The predicted octanol–water partition coefficient (Wildman–Crippen LogP) is 1.07. The van der Waals surface area contributed by atoms with E-state index in [-0.39, 0.29) is 6.61 Å². The number of hydrogen-bond acceptors (Lipinski definition) is 5. The van der Waals surface area contributed by atoms with Gasteiger partial charge in [-0.25, -0.2) is 4.98 Å². The number of halogens is 1. The first-order chi connectivity index (χ1) is 7.19.